The summed E-state index contributed by atoms with van der Waals surface area (Å²) in [7, 11) is 0. The van der Waals surface area contributed by atoms with Gasteiger partial charge in [0.05, 0.1) is 11.2 Å². The van der Waals surface area contributed by atoms with Gasteiger partial charge in [0.15, 0.2) is 12.4 Å². The monoisotopic (exact) mass is 336 g/mol. The van der Waals surface area contributed by atoms with Crippen molar-refractivity contribution >= 4 is 24.0 Å². The number of hydrogen-bond donors (Lipinski definition) is 1. The molecular formula is C15H17ClN4O3. The number of ether oxygens (including phenoxy) is 1. The Morgan fingerprint density at radius 1 is 1.30 bits per heavy atom. The van der Waals surface area contributed by atoms with Gasteiger partial charge < -0.3 is 15.0 Å². The lowest BCUT2D eigenvalue weighted by Gasteiger charge is -2.34. The Morgan fingerprint density at radius 3 is 2.83 bits per heavy atom. The Kier molecular flexibility index (Phi) is 3.99. The van der Waals surface area contributed by atoms with Gasteiger partial charge in [-0.3, -0.25) is 9.69 Å². The van der Waals surface area contributed by atoms with Gasteiger partial charge in [0.1, 0.15) is 12.3 Å². The molecule has 0 atom stereocenters. The summed E-state index contributed by atoms with van der Waals surface area (Å²) >= 11 is 0. The molecule has 2 N–H and O–H groups in total. The Bertz CT molecular complexity index is 729. The van der Waals surface area contributed by atoms with Crippen LogP contribution in [0.15, 0.2) is 28.8 Å². The van der Waals surface area contributed by atoms with Crippen molar-refractivity contribution in [2.45, 2.75) is 31.3 Å². The first-order chi connectivity index (χ1) is 10.7. The first-order valence-corrected chi connectivity index (χ1v) is 7.30. The maximum Gasteiger partial charge on any atom is 0.265 e. The number of halogens is 1. The van der Waals surface area contributed by atoms with E-state index in [1.807, 2.05) is 24.3 Å². The molecule has 122 valence electrons. The van der Waals surface area contributed by atoms with Gasteiger partial charge in [-0.05, 0) is 31.4 Å². The minimum Gasteiger partial charge on any atom is -0.482 e. The van der Waals surface area contributed by atoms with Crippen LogP contribution in [0.1, 0.15) is 31.0 Å². The van der Waals surface area contributed by atoms with Crippen LogP contribution in [0.3, 0.4) is 0 Å². The molecular weight excluding hydrogens is 320 g/mol. The molecule has 0 bridgehead atoms. The topological polar surface area (TPSA) is 94.5 Å². The van der Waals surface area contributed by atoms with Gasteiger partial charge in [0.25, 0.3) is 5.91 Å². The quantitative estimate of drug-likeness (QED) is 0.917. The first-order valence-electron chi connectivity index (χ1n) is 7.30. The highest BCUT2D eigenvalue weighted by molar-refractivity contribution is 5.97. The highest BCUT2D eigenvalue weighted by Crippen LogP contribution is 2.37. The molecule has 23 heavy (non-hydrogen) atoms. The van der Waals surface area contributed by atoms with Crippen molar-refractivity contribution in [3.63, 3.8) is 0 Å². The van der Waals surface area contributed by atoms with E-state index in [1.54, 1.807) is 4.90 Å². The van der Waals surface area contributed by atoms with E-state index in [4.69, 9.17) is 15.0 Å². The van der Waals surface area contributed by atoms with Crippen LogP contribution in [0.5, 0.6) is 5.75 Å². The molecule has 0 radical (unpaired) electrons. The zero-order chi connectivity index (χ0) is 15.2. The molecule has 1 aliphatic carbocycles. The third-order valence-electron chi connectivity index (χ3n) is 4.26. The fraction of sp³-hybridized carbons (Fsp3) is 0.400. The van der Waals surface area contributed by atoms with Gasteiger partial charge in [-0.25, -0.2) is 0 Å². The standard InChI is InChI=1S/C15H16N4O3.ClH/c16-15(6-3-7-15)14-17-12(22-18-14)8-19-10-4-1-2-5-11(10)21-9-13(19)20;/h1-2,4-5H,3,6-9,16H2;1H. The smallest absolute Gasteiger partial charge is 0.265 e. The summed E-state index contributed by atoms with van der Waals surface area (Å²) in [5.41, 5.74) is 6.44. The molecule has 1 aromatic carbocycles. The molecule has 1 aromatic heterocycles. The normalized spacial score (nSPS) is 18.5. The van der Waals surface area contributed by atoms with E-state index in [-0.39, 0.29) is 31.5 Å². The van der Waals surface area contributed by atoms with E-state index in [0.29, 0.717) is 23.2 Å². The van der Waals surface area contributed by atoms with Crippen LogP contribution in [0.4, 0.5) is 5.69 Å². The van der Waals surface area contributed by atoms with Gasteiger partial charge in [-0.15, -0.1) is 12.4 Å². The van der Waals surface area contributed by atoms with Crippen LogP contribution in [-0.4, -0.2) is 22.7 Å². The molecule has 8 heteroatoms. The Morgan fingerprint density at radius 2 is 2.09 bits per heavy atom. The van der Waals surface area contributed by atoms with Crippen molar-refractivity contribution in [3.8, 4) is 5.75 Å². The Balaban J connectivity index is 0.00000156. The van der Waals surface area contributed by atoms with Gasteiger partial charge >= 0.3 is 0 Å². The molecule has 2 aliphatic rings. The van der Waals surface area contributed by atoms with Crippen LogP contribution in [0.25, 0.3) is 0 Å². The minimum absolute atomic E-state index is 0. The van der Waals surface area contributed by atoms with E-state index in [1.165, 1.54) is 0 Å². The third kappa shape index (κ3) is 2.66. The average molecular weight is 337 g/mol. The first kappa shape index (κ1) is 15.8. The summed E-state index contributed by atoms with van der Waals surface area (Å²) in [6.45, 7) is 0.237. The molecule has 1 saturated carbocycles. The van der Waals surface area contributed by atoms with Gasteiger partial charge in [-0.2, -0.15) is 4.98 Å². The fourth-order valence-corrected chi connectivity index (χ4v) is 2.77. The van der Waals surface area contributed by atoms with Crippen LogP contribution in [0, 0.1) is 0 Å². The molecule has 4 rings (SSSR count). The largest absolute Gasteiger partial charge is 0.482 e. The fourth-order valence-electron chi connectivity index (χ4n) is 2.77. The van der Waals surface area contributed by atoms with E-state index in [2.05, 4.69) is 10.1 Å². The van der Waals surface area contributed by atoms with Crippen molar-refractivity contribution in [1.29, 1.82) is 0 Å². The van der Waals surface area contributed by atoms with E-state index in [9.17, 15) is 4.79 Å². The Hall–Kier alpha value is -2.12. The molecule has 2 aromatic rings. The van der Waals surface area contributed by atoms with Gasteiger partial charge in [-0.1, -0.05) is 17.3 Å². The molecule has 1 amide bonds. The minimum atomic E-state index is -0.464. The second kappa shape index (κ2) is 5.82. The molecule has 1 aliphatic heterocycles. The number of hydrogen-bond acceptors (Lipinski definition) is 6. The number of benzene rings is 1. The lowest BCUT2D eigenvalue weighted by Crippen LogP contribution is -2.44. The second-order valence-corrected chi connectivity index (χ2v) is 5.76. The summed E-state index contributed by atoms with van der Waals surface area (Å²) in [6, 6.07) is 7.39. The summed E-state index contributed by atoms with van der Waals surface area (Å²) in [6.07, 6.45) is 2.81. The number of nitrogens with two attached hydrogens (primary N) is 1. The van der Waals surface area contributed by atoms with Crippen molar-refractivity contribution in [3.05, 3.63) is 36.0 Å². The molecule has 0 saturated heterocycles. The van der Waals surface area contributed by atoms with Crippen molar-refractivity contribution in [2.75, 3.05) is 11.5 Å². The number of carbonyl (C=O) groups excluding carboxylic acids is 1. The maximum absolute atomic E-state index is 12.1. The van der Waals surface area contributed by atoms with Crippen LogP contribution < -0.4 is 15.4 Å². The Labute approximate surface area is 139 Å². The van der Waals surface area contributed by atoms with Crippen LogP contribution >= 0.6 is 12.4 Å². The van der Waals surface area contributed by atoms with Crippen LogP contribution in [-0.2, 0) is 16.9 Å². The number of rotatable bonds is 3. The average Bonchev–Trinajstić information content (AvgIpc) is 2.97. The molecule has 7 nitrogen and oxygen atoms in total. The number of para-hydroxylation sites is 2. The molecule has 0 unspecified atom stereocenters. The lowest BCUT2D eigenvalue weighted by atomic mass is 9.77. The summed E-state index contributed by atoms with van der Waals surface area (Å²) in [4.78, 5) is 18.1. The maximum atomic E-state index is 12.1. The summed E-state index contributed by atoms with van der Waals surface area (Å²) < 4.78 is 10.7. The number of anilines is 1. The van der Waals surface area contributed by atoms with Gasteiger partial charge in [0, 0.05) is 0 Å². The zero-order valence-corrected chi connectivity index (χ0v) is 13.2. The predicted molar refractivity (Wildman–Crippen MR) is 84.4 cm³/mol. The second-order valence-electron chi connectivity index (χ2n) is 5.76. The molecule has 1 fully saturated rings. The summed E-state index contributed by atoms with van der Waals surface area (Å²) in [5, 5.41) is 3.98. The highest BCUT2D eigenvalue weighted by atomic mass is 35.5. The third-order valence-corrected chi connectivity index (χ3v) is 4.26. The zero-order valence-electron chi connectivity index (χ0n) is 12.4. The SMILES string of the molecule is Cl.NC1(c2noc(CN3C(=O)COc4ccccc43)n2)CCC1. The number of aromatic nitrogens is 2. The number of nitrogens with zero attached hydrogens (tertiary/aromatic N) is 3. The highest BCUT2D eigenvalue weighted by Gasteiger charge is 2.39. The van der Waals surface area contributed by atoms with Crippen molar-refractivity contribution in [2.24, 2.45) is 5.73 Å². The van der Waals surface area contributed by atoms with Crippen LogP contribution in [0.2, 0.25) is 0 Å². The molecule has 0 spiro atoms. The van der Waals surface area contributed by atoms with E-state index < -0.39 is 5.54 Å². The lowest BCUT2D eigenvalue weighted by molar-refractivity contribution is -0.121. The number of carbonyl (C=O) groups is 1. The van der Waals surface area contributed by atoms with E-state index in [0.717, 1.165) is 19.3 Å². The van der Waals surface area contributed by atoms with E-state index >= 15 is 0 Å². The van der Waals surface area contributed by atoms with Gasteiger partial charge in [0.2, 0.25) is 5.89 Å². The summed E-state index contributed by atoms with van der Waals surface area (Å²) in [5.74, 6) is 1.46. The number of fused-ring (bicyclic) bond motifs is 1. The number of amides is 1. The van der Waals surface area contributed by atoms with Crippen molar-refractivity contribution in [1.82, 2.24) is 10.1 Å². The van der Waals surface area contributed by atoms with Crippen molar-refractivity contribution < 1.29 is 14.1 Å². The molecule has 2 heterocycles. The predicted octanol–water partition coefficient (Wildman–Crippen LogP) is 1.75.